The van der Waals surface area contributed by atoms with Crippen LogP contribution in [0, 0.1) is 0 Å². The lowest BCUT2D eigenvalue weighted by molar-refractivity contribution is -0.147. The number of benzene rings is 1. The standard InChI is InChI=1S/C17H20F3N5O3S2/c1-23-15(17(18,19)20)21-22-16(23)29-11-14(26)24-7-9-25(10-8-24)30(27,28)12-13-5-3-2-4-6-13/h2-6H,7-12H2,1H3. The highest BCUT2D eigenvalue weighted by molar-refractivity contribution is 7.99. The molecule has 0 radical (unpaired) electrons. The lowest BCUT2D eigenvalue weighted by Crippen LogP contribution is -2.51. The van der Waals surface area contributed by atoms with Gasteiger partial charge in [-0.3, -0.25) is 4.79 Å². The fourth-order valence-corrected chi connectivity index (χ4v) is 5.33. The van der Waals surface area contributed by atoms with E-state index < -0.39 is 22.0 Å². The van der Waals surface area contributed by atoms with Crippen LogP contribution >= 0.6 is 11.8 Å². The summed E-state index contributed by atoms with van der Waals surface area (Å²) in [7, 11) is -2.31. The Labute approximate surface area is 176 Å². The predicted molar refractivity (Wildman–Crippen MR) is 104 cm³/mol. The van der Waals surface area contributed by atoms with Crippen LogP contribution < -0.4 is 0 Å². The molecule has 3 rings (SSSR count). The number of alkyl halides is 3. The van der Waals surface area contributed by atoms with E-state index in [0.29, 0.717) is 5.56 Å². The molecule has 13 heteroatoms. The third kappa shape index (κ3) is 5.32. The number of hydrogen-bond donors (Lipinski definition) is 0. The molecule has 1 saturated heterocycles. The molecule has 30 heavy (non-hydrogen) atoms. The summed E-state index contributed by atoms with van der Waals surface area (Å²) < 4.78 is 65.6. The Balaban J connectivity index is 1.51. The molecule has 0 atom stereocenters. The van der Waals surface area contributed by atoms with Crippen molar-refractivity contribution >= 4 is 27.7 Å². The summed E-state index contributed by atoms with van der Waals surface area (Å²) in [6.45, 7) is 0.793. The van der Waals surface area contributed by atoms with Gasteiger partial charge in [-0.25, -0.2) is 8.42 Å². The highest BCUT2D eigenvalue weighted by atomic mass is 32.2. The monoisotopic (exact) mass is 463 g/mol. The number of piperazine rings is 1. The van der Waals surface area contributed by atoms with E-state index in [1.807, 2.05) is 6.07 Å². The molecule has 1 fully saturated rings. The molecule has 0 spiro atoms. The highest BCUT2D eigenvalue weighted by Crippen LogP contribution is 2.29. The molecule has 1 aliphatic rings. The number of hydrogen-bond acceptors (Lipinski definition) is 6. The molecule has 0 unspecified atom stereocenters. The molecular formula is C17H20F3N5O3S2. The first-order chi connectivity index (χ1) is 14.1. The second kappa shape index (κ2) is 8.94. The lowest BCUT2D eigenvalue weighted by Gasteiger charge is -2.34. The number of aromatic nitrogens is 3. The number of rotatable bonds is 6. The molecule has 0 saturated carbocycles. The van der Waals surface area contributed by atoms with Crippen molar-refractivity contribution in [1.29, 1.82) is 0 Å². The topological polar surface area (TPSA) is 88.4 Å². The first-order valence-electron chi connectivity index (χ1n) is 8.97. The molecule has 1 aromatic carbocycles. The van der Waals surface area contributed by atoms with Gasteiger partial charge in [0.25, 0.3) is 0 Å². The van der Waals surface area contributed by atoms with Gasteiger partial charge in [0, 0.05) is 33.2 Å². The van der Waals surface area contributed by atoms with Crippen LogP contribution in [0.5, 0.6) is 0 Å². The third-order valence-corrected chi connectivity index (χ3v) is 7.44. The van der Waals surface area contributed by atoms with Gasteiger partial charge in [-0.2, -0.15) is 17.5 Å². The molecule has 1 aliphatic heterocycles. The Hall–Kier alpha value is -2.12. The van der Waals surface area contributed by atoms with Gasteiger partial charge in [0.15, 0.2) is 5.16 Å². The van der Waals surface area contributed by atoms with Crippen LogP contribution in [0.1, 0.15) is 11.4 Å². The minimum Gasteiger partial charge on any atom is -0.339 e. The Morgan fingerprint density at radius 1 is 1.10 bits per heavy atom. The van der Waals surface area contributed by atoms with E-state index in [1.165, 1.54) is 16.3 Å². The minimum atomic E-state index is -4.62. The Morgan fingerprint density at radius 2 is 1.73 bits per heavy atom. The first-order valence-corrected chi connectivity index (χ1v) is 11.6. The fourth-order valence-electron chi connectivity index (χ4n) is 3.00. The van der Waals surface area contributed by atoms with Crippen LogP contribution in [0.15, 0.2) is 35.5 Å². The first kappa shape index (κ1) is 22.6. The van der Waals surface area contributed by atoms with Crippen molar-refractivity contribution in [2.75, 3.05) is 31.9 Å². The Bertz CT molecular complexity index is 988. The second-order valence-electron chi connectivity index (χ2n) is 6.67. The van der Waals surface area contributed by atoms with Gasteiger partial charge < -0.3 is 9.47 Å². The van der Waals surface area contributed by atoms with E-state index in [-0.39, 0.29) is 48.7 Å². The van der Waals surface area contributed by atoms with Crippen LogP contribution in [0.4, 0.5) is 13.2 Å². The fraction of sp³-hybridized carbons (Fsp3) is 0.471. The normalized spacial score (nSPS) is 16.1. The van der Waals surface area contributed by atoms with Gasteiger partial charge in [-0.05, 0) is 5.56 Å². The average Bonchev–Trinajstić information content (AvgIpc) is 3.07. The van der Waals surface area contributed by atoms with E-state index in [2.05, 4.69) is 10.2 Å². The molecule has 0 bridgehead atoms. The van der Waals surface area contributed by atoms with Crippen molar-refractivity contribution in [1.82, 2.24) is 24.0 Å². The molecule has 0 N–H and O–H groups in total. The van der Waals surface area contributed by atoms with E-state index in [0.717, 1.165) is 16.3 Å². The molecule has 164 valence electrons. The molecule has 1 aromatic heterocycles. The average molecular weight is 464 g/mol. The molecule has 2 heterocycles. The quantitative estimate of drug-likeness (QED) is 0.605. The summed E-state index contributed by atoms with van der Waals surface area (Å²) in [6, 6.07) is 8.84. The van der Waals surface area contributed by atoms with Gasteiger partial charge in [0.1, 0.15) is 0 Å². The number of sulfonamides is 1. The highest BCUT2D eigenvalue weighted by Gasteiger charge is 2.37. The smallest absolute Gasteiger partial charge is 0.339 e. The molecule has 8 nitrogen and oxygen atoms in total. The van der Waals surface area contributed by atoms with Crippen LogP contribution in [-0.4, -0.2) is 70.2 Å². The van der Waals surface area contributed by atoms with Crippen molar-refractivity contribution in [2.45, 2.75) is 17.1 Å². The summed E-state index contributed by atoms with van der Waals surface area (Å²) in [4.78, 5) is 13.9. The number of thioether (sulfide) groups is 1. The van der Waals surface area contributed by atoms with Gasteiger partial charge >= 0.3 is 6.18 Å². The maximum Gasteiger partial charge on any atom is 0.451 e. The van der Waals surface area contributed by atoms with E-state index in [1.54, 1.807) is 24.3 Å². The van der Waals surface area contributed by atoms with Crippen LogP contribution in [-0.2, 0) is 33.8 Å². The van der Waals surface area contributed by atoms with Gasteiger partial charge in [0.05, 0.1) is 11.5 Å². The minimum absolute atomic E-state index is 0.0141. The van der Waals surface area contributed by atoms with Crippen LogP contribution in [0.25, 0.3) is 0 Å². The van der Waals surface area contributed by atoms with Gasteiger partial charge in [-0.1, -0.05) is 42.1 Å². The van der Waals surface area contributed by atoms with E-state index >= 15 is 0 Å². The lowest BCUT2D eigenvalue weighted by atomic mass is 10.2. The van der Waals surface area contributed by atoms with Crippen molar-refractivity contribution in [3.8, 4) is 0 Å². The summed E-state index contributed by atoms with van der Waals surface area (Å²) >= 11 is 0.860. The van der Waals surface area contributed by atoms with Crippen molar-refractivity contribution in [2.24, 2.45) is 7.05 Å². The second-order valence-corrected chi connectivity index (χ2v) is 9.58. The zero-order chi connectivity index (χ0) is 21.9. The molecule has 2 aromatic rings. The SMILES string of the molecule is Cn1c(SCC(=O)N2CCN(S(=O)(=O)Cc3ccccc3)CC2)nnc1C(F)(F)F. The van der Waals surface area contributed by atoms with Crippen molar-refractivity contribution < 1.29 is 26.4 Å². The maximum atomic E-state index is 12.8. The number of carbonyl (C=O) groups excluding carboxylic acids is 1. The zero-order valence-electron chi connectivity index (χ0n) is 16.0. The number of halogens is 3. The number of carbonyl (C=O) groups is 1. The van der Waals surface area contributed by atoms with E-state index in [9.17, 15) is 26.4 Å². The summed E-state index contributed by atoms with van der Waals surface area (Å²) in [5.74, 6) is -1.64. The van der Waals surface area contributed by atoms with Gasteiger partial charge in [0.2, 0.25) is 21.8 Å². The van der Waals surface area contributed by atoms with Crippen LogP contribution in [0.3, 0.4) is 0 Å². The summed E-state index contributed by atoms with van der Waals surface area (Å²) in [5, 5.41) is 6.58. The summed E-state index contributed by atoms with van der Waals surface area (Å²) in [6.07, 6.45) is -4.62. The van der Waals surface area contributed by atoms with Crippen molar-refractivity contribution in [3.05, 3.63) is 41.7 Å². The zero-order valence-corrected chi connectivity index (χ0v) is 17.7. The Kier molecular flexibility index (Phi) is 6.72. The maximum absolute atomic E-state index is 12.8. The molecule has 1 amide bonds. The van der Waals surface area contributed by atoms with Gasteiger partial charge in [-0.15, -0.1) is 10.2 Å². The number of nitrogens with zero attached hydrogens (tertiary/aromatic N) is 5. The predicted octanol–water partition coefficient (Wildman–Crippen LogP) is 1.60. The largest absolute Gasteiger partial charge is 0.451 e. The number of amides is 1. The molecular weight excluding hydrogens is 443 g/mol. The molecule has 0 aliphatic carbocycles. The Morgan fingerprint density at radius 3 is 2.30 bits per heavy atom. The van der Waals surface area contributed by atoms with Crippen LogP contribution in [0.2, 0.25) is 0 Å². The summed E-state index contributed by atoms with van der Waals surface area (Å²) in [5.41, 5.74) is 0.689. The van der Waals surface area contributed by atoms with E-state index in [4.69, 9.17) is 0 Å². The third-order valence-electron chi connectivity index (χ3n) is 4.59. The van der Waals surface area contributed by atoms with Crippen molar-refractivity contribution in [3.63, 3.8) is 0 Å².